The van der Waals surface area contributed by atoms with E-state index in [9.17, 15) is 4.39 Å². The standard InChI is InChI=1S/C8H3BrFN5/c9-5-1-6(10)8(12-3-5)15-4-13-7(2-11)14-15/h1,3-4H. The number of nitriles is 1. The molecule has 74 valence electrons. The zero-order valence-corrected chi connectivity index (χ0v) is 8.81. The Morgan fingerprint density at radius 1 is 1.47 bits per heavy atom. The molecular formula is C8H3BrFN5. The molecule has 5 nitrogen and oxygen atoms in total. The first-order valence-corrected chi connectivity index (χ1v) is 4.63. The topological polar surface area (TPSA) is 67.4 Å². The Bertz CT molecular complexity index is 544. The minimum atomic E-state index is -0.543. The Balaban J connectivity index is 2.50. The van der Waals surface area contributed by atoms with Crippen LogP contribution < -0.4 is 0 Å². The fraction of sp³-hybridized carbons (Fsp3) is 0. The average Bonchev–Trinajstić information content (AvgIpc) is 2.66. The molecule has 0 atom stereocenters. The van der Waals surface area contributed by atoms with Gasteiger partial charge in [-0.1, -0.05) is 0 Å². The summed E-state index contributed by atoms with van der Waals surface area (Å²) >= 11 is 3.09. The van der Waals surface area contributed by atoms with E-state index < -0.39 is 5.82 Å². The number of hydrogen-bond donors (Lipinski definition) is 0. The first-order valence-electron chi connectivity index (χ1n) is 3.84. The Kier molecular flexibility index (Phi) is 2.43. The van der Waals surface area contributed by atoms with E-state index in [1.54, 1.807) is 6.07 Å². The van der Waals surface area contributed by atoms with Crippen molar-refractivity contribution in [3.8, 4) is 11.9 Å². The SMILES string of the molecule is N#Cc1ncn(-c2ncc(Br)cc2F)n1. The van der Waals surface area contributed by atoms with Crippen LogP contribution in [0.5, 0.6) is 0 Å². The van der Waals surface area contributed by atoms with Crippen molar-refractivity contribution < 1.29 is 4.39 Å². The smallest absolute Gasteiger partial charge is 0.233 e. The van der Waals surface area contributed by atoms with Gasteiger partial charge in [0.05, 0.1) is 0 Å². The maximum absolute atomic E-state index is 13.4. The molecule has 0 radical (unpaired) electrons. The summed E-state index contributed by atoms with van der Waals surface area (Å²) in [5.41, 5.74) is 0. The van der Waals surface area contributed by atoms with Crippen LogP contribution in [0.15, 0.2) is 23.1 Å². The lowest BCUT2D eigenvalue weighted by Crippen LogP contribution is -2.01. The molecule has 0 aliphatic carbocycles. The van der Waals surface area contributed by atoms with E-state index in [4.69, 9.17) is 5.26 Å². The van der Waals surface area contributed by atoms with Gasteiger partial charge in [-0.15, -0.1) is 5.10 Å². The first-order chi connectivity index (χ1) is 7.20. The summed E-state index contributed by atoms with van der Waals surface area (Å²) in [7, 11) is 0. The summed E-state index contributed by atoms with van der Waals surface area (Å²) in [4.78, 5) is 7.47. The van der Waals surface area contributed by atoms with E-state index in [1.807, 2.05) is 0 Å². The largest absolute Gasteiger partial charge is 0.252 e. The fourth-order valence-corrected chi connectivity index (χ4v) is 1.30. The Morgan fingerprint density at radius 3 is 2.87 bits per heavy atom. The predicted molar refractivity (Wildman–Crippen MR) is 51.5 cm³/mol. The number of halogens is 2. The maximum Gasteiger partial charge on any atom is 0.252 e. The summed E-state index contributed by atoms with van der Waals surface area (Å²) in [6, 6.07) is 3.01. The van der Waals surface area contributed by atoms with E-state index in [0.29, 0.717) is 4.47 Å². The zero-order valence-electron chi connectivity index (χ0n) is 7.22. The summed E-state index contributed by atoms with van der Waals surface area (Å²) in [6.45, 7) is 0. The molecule has 0 saturated heterocycles. The lowest BCUT2D eigenvalue weighted by molar-refractivity contribution is 0.599. The molecule has 0 amide bonds. The monoisotopic (exact) mass is 267 g/mol. The molecule has 7 heteroatoms. The van der Waals surface area contributed by atoms with Crippen LogP contribution in [0.2, 0.25) is 0 Å². The number of aromatic nitrogens is 4. The van der Waals surface area contributed by atoms with Crippen LogP contribution in [0.3, 0.4) is 0 Å². The molecule has 0 spiro atoms. The van der Waals surface area contributed by atoms with Crippen LogP contribution in [0.4, 0.5) is 4.39 Å². The molecule has 15 heavy (non-hydrogen) atoms. The van der Waals surface area contributed by atoms with Crippen molar-refractivity contribution in [3.63, 3.8) is 0 Å². The van der Waals surface area contributed by atoms with Crippen LogP contribution >= 0.6 is 15.9 Å². The van der Waals surface area contributed by atoms with E-state index in [2.05, 4.69) is 31.0 Å². The molecule has 0 aliphatic heterocycles. The summed E-state index contributed by atoms with van der Waals surface area (Å²) in [5, 5.41) is 12.2. The Hall–Kier alpha value is -1.81. The summed E-state index contributed by atoms with van der Waals surface area (Å²) < 4.78 is 15.0. The molecule has 0 saturated carbocycles. The third-order valence-electron chi connectivity index (χ3n) is 1.60. The van der Waals surface area contributed by atoms with Gasteiger partial charge in [0.15, 0.2) is 11.6 Å². The Morgan fingerprint density at radius 2 is 2.27 bits per heavy atom. The lowest BCUT2D eigenvalue weighted by atomic mass is 10.4. The maximum atomic E-state index is 13.4. The molecule has 0 unspecified atom stereocenters. The molecule has 2 aromatic rings. The highest BCUT2D eigenvalue weighted by atomic mass is 79.9. The van der Waals surface area contributed by atoms with Crippen LogP contribution in [0.1, 0.15) is 5.82 Å². The van der Waals surface area contributed by atoms with Gasteiger partial charge in [-0.2, -0.15) is 9.94 Å². The van der Waals surface area contributed by atoms with E-state index in [-0.39, 0.29) is 11.6 Å². The minimum Gasteiger partial charge on any atom is -0.233 e. The van der Waals surface area contributed by atoms with Gasteiger partial charge in [-0.3, -0.25) is 0 Å². The molecule has 2 aromatic heterocycles. The molecule has 2 heterocycles. The van der Waals surface area contributed by atoms with Crippen molar-refractivity contribution in [2.24, 2.45) is 0 Å². The highest BCUT2D eigenvalue weighted by molar-refractivity contribution is 9.10. The second-order valence-electron chi connectivity index (χ2n) is 2.58. The lowest BCUT2D eigenvalue weighted by Gasteiger charge is -2.00. The van der Waals surface area contributed by atoms with Crippen molar-refractivity contribution in [2.75, 3.05) is 0 Å². The second kappa shape index (κ2) is 3.74. The van der Waals surface area contributed by atoms with Gasteiger partial charge in [0, 0.05) is 10.7 Å². The van der Waals surface area contributed by atoms with Gasteiger partial charge in [0.2, 0.25) is 0 Å². The quantitative estimate of drug-likeness (QED) is 0.784. The fourth-order valence-electron chi connectivity index (χ4n) is 0.992. The number of hydrogen-bond acceptors (Lipinski definition) is 4. The third-order valence-corrected chi connectivity index (χ3v) is 2.03. The van der Waals surface area contributed by atoms with Crippen molar-refractivity contribution >= 4 is 15.9 Å². The summed E-state index contributed by atoms with van der Waals surface area (Å²) in [6.07, 6.45) is 2.67. The first kappa shape index (κ1) is 9.73. The average molecular weight is 268 g/mol. The zero-order chi connectivity index (χ0) is 10.8. The van der Waals surface area contributed by atoms with Gasteiger partial charge in [0.25, 0.3) is 5.82 Å². The van der Waals surface area contributed by atoms with Gasteiger partial charge < -0.3 is 0 Å². The molecular weight excluding hydrogens is 265 g/mol. The molecule has 0 aromatic carbocycles. The molecule has 0 N–H and O–H groups in total. The number of rotatable bonds is 1. The van der Waals surface area contributed by atoms with Gasteiger partial charge in [-0.05, 0) is 22.0 Å². The van der Waals surface area contributed by atoms with Crippen LogP contribution in [-0.2, 0) is 0 Å². The van der Waals surface area contributed by atoms with Crippen molar-refractivity contribution in [1.29, 1.82) is 5.26 Å². The van der Waals surface area contributed by atoms with Crippen LogP contribution in [0, 0.1) is 17.1 Å². The van der Waals surface area contributed by atoms with Gasteiger partial charge in [-0.25, -0.2) is 14.4 Å². The second-order valence-corrected chi connectivity index (χ2v) is 3.50. The highest BCUT2D eigenvalue weighted by Crippen LogP contribution is 2.14. The molecule has 0 fully saturated rings. The Labute approximate surface area is 92.3 Å². The van der Waals surface area contributed by atoms with Crippen molar-refractivity contribution in [1.82, 2.24) is 19.7 Å². The van der Waals surface area contributed by atoms with Crippen LogP contribution in [-0.4, -0.2) is 19.7 Å². The third kappa shape index (κ3) is 1.85. The van der Waals surface area contributed by atoms with E-state index in [0.717, 1.165) is 4.68 Å². The number of pyridine rings is 1. The normalized spacial score (nSPS) is 9.93. The highest BCUT2D eigenvalue weighted by Gasteiger charge is 2.09. The van der Waals surface area contributed by atoms with E-state index >= 15 is 0 Å². The summed E-state index contributed by atoms with van der Waals surface area (Å²) in [5.74, 6) is -0.565. The van der Waals surface area contributed by atoms with E-state index in [1.165, 1.54) is 18.6 Å². The van der Waals surface area contributed by atoms with Gasteiger partial charge >= 0.3 is 0 Å². The molecule has 0 bridgehead atoms. The van der Waals surface area contributed by atoms with Crippen molar-refractivity contribution in [2.45, 2.75) is 0 Å². The van der Waals surface area contributed by atoms with Crippen LogP contribution in [0.25, 0.3) is 5.82 Å². The van der Waals surface area contributed by atoms with Gasteiger partial charge in [0.1, 0.15) is 12.4 Å². The molecule has 2 rings (SSSR count). The van der Waals surface area contributed by atoms with Crippen molar-refractivity contribution in [3.05, 3.63) is 34.7 Å². The predicted octanol–water partition coefficient (Wildman–Crippen LogP) is 1.44. The minimum absolute atomic E-state index is 0.00667. The number of nitrogens with zero attached hydrogens (tertiary/aromatic N) is 5. The molecule has 0 aliphatic rings.